The summed E-state index contributed by atoms with van der Waals surface area (Å²) >= 11 is 1.53. The Labute approximate surface area is 197 Å². The van der Waals surface area contributed by atoms with E-state index in [1.807, 2.05) is 25.1 Å². The van der Waals surface area contributed by atoms with E-state index in [-0.39, 0.29) is 11.7 Å². The Balaban J connectivity index is 1.63. The topological polar surface area (TPSA) is 83.6 Å². The summed E-state index contributed by atoms with van der Waals surface area (Å²) in [5.41, 5.74) is 5.82. The van der Waals surface area contributed by atoms with E-state index in [0.717, 1.165) is 36.1 Å². The van der Waals surface area contributed by atoms with Crippen molar-refractivity contribution in [3.05, 3.63) is 69.1 Å². The minimum absolute atomic E-state index is 0.0819. The fourth-order valence-corrected chi connectivity index (χ4v) is 5.22. The lowest BCUT2D eigenvalue weighted by atomic mass is 9.88. The number of hydrogen-bond donors (Lipinski definition) is 1. The molecular formula is C26H27N3O3S. The zero-order valence-electron chi connectivity index (χ0n) is 19.3. The summed E-state index contributed by atoms with van der Waals surface area (Å²) in [7, 11) is 1.39. The van der Waals surface area contributed by atoms with Gasteiger partial charge in [-0.3, -0.25) is 0 Å². The molecule has 1 aliphatic rings. The first-order valence-electron chi connectivity index (χ1n) is 10.9. The summed E-state index contributed by atoms with van der Waals surface area (Å²) in [6, 6.07) is 10.9. The molecule has 0 saturated carbocycles. The van der Waals surface area contributed by atoms with Crippen molar-refractivity contribution < 1.29 is 14.6 Å². The Kier molecular flexibility index (Phi) is 6.70. The molecule has 0 unspecified atom stereocenters. The Bertz CT molecular complexity index is 1260. The monoisotopic (exact) mass is 461 g/mol. The fourth-order valence-electron chi connectivity index (χ4n) is 3.88. The van der Waals surface area contributed by atoms with E-state index in [9.17, 15) is 9.90 Å². The van der Waals surface area contributed by atoms with Crippen LogP contribution in [0.4, 0.5) is 16.4 Å². The van der Waals surface area contributed by atoms with Gasteiger partial charge in [-0.15, -0.1) is 11.3 Å². The molecule has 4 rings (SSSR count). The number of carbonyl (C=O) groups is 1. The number of thiophene rings is 1. The maximum absolute atomic E-state index is 12.5. The number of aliphatic imine (C=N–C) groups is 1. The van der Waals surface area contributed by atoms with Gasteiger partial charge in [0.05, 0.1) is 24.0 Å². The lowest BCUT2D eigenvalue weighted by Crippen LogP contribution is -2.12. The number of azo groups is 1. The molecule has 7 heteroatoms. The molecule has 1 aromatic heterocycles. The first-order chi connectivity index (χ1) is 15.9. The second-order valence-corrected chi connectivity index (χ2v) is 9.58. The number of hydrogen-bond acceptors (Lipinski definition) is 7. The number of methoxy groups -OCH3 is 1. The minimum Gasteiger partial charge on any atom is -0.507 e. The summed E-state index contributed by atoms with van der Waals surface area (Å²) in [6.45, 7) is 6.31. The highest BCUT2D eigenvalue weighted by Gasteiger charge is 2.27. The quantitative estimate of drug-likeness (QED) is 0.249. The highest BCUT2D eigenvalue weighted by Crippen LogP contribution is 2.41. The van der Waals surface area contributed by atoms with Crippen LogP contribution in [0.25, 0.3) is 0 Å². The van der Waals surface area contributed by atoms with Crippen LogP contribution in [-0.4, -0.2) is 24.4 Å². The highest BCUT2D eigenvalue weighted by molar-refractivity contribution is 7.16. The lowest BCUT2D eigenvalue weighted by molar-refractivity contribution is 0.0600. The van der Waals surface area contributed by atoms with Gasteiger partial charge in [0, 0.05) is 16.7 Å². The molecule has 0 spiro atoms. The van der Waals surface area contributed by atoms with E-state index in [4.69, 9.17) is 4.74 Å². The van der Waals surface area contributed by atoms with Crippen molar-refractivity contribution in [3.63, 3.8) is 0 Å². The molecular weight excluding hydrogens is 434 g/mol. The SMILES string of the molecule is COC(=O)c1c(N=Cc2cc(N=Nc3ccc(C)c(C)c3)ccc2O)sc2c1CC[C@@H](C)C2. The van der Waals surface area contributed by atoms with Gasteiger partial charge in [-0.05, 0) is 86.1 Å². The number of ether oxygens (including phenoxy) is 1. The molecule has 0 amide bonds. The maximum atomic E-state index is 12.5. The van der Waals surface area contributed by atoms with Crippen molar-refractivity contribution >= 4 is 39.9 Å². The zero-order chi connectivity index (χ0) is 23.5. The van der Waals surface area contributed by atoms with E-state index >= 15 is 0 Å². The number of phenols is 1. The van der Waals surface area contributed by atoms with E-state index < -0.39 is 0 Å². The molecule has 1 aliphatic carbocycles. The Hall–Kier alpha value is -3.32. The van der Waals surface area contributed by atoms with Gasteiger partial charge in [0.15, 0.2) is 0 Å². The fraction of sp³-hybridized carbons (Fsp3) is 0.308. The summed E-state index contributed by atoms with van der Waals surface area (Å²) in [6.07, 6.45) is 4.41. The maximum Gasteiger partial charge on any atom is 0.341 e. The highest BCUT2D eigenvalue weighted by atomic mass is 32.1. The van der Waals surface area contributed by atoms with Crippen LogP contribution >= 0.6 is 11.3 Å². The van der Waals surface area contributed by atoms with E-state index in [0.29, 0.717) is 27.7 Å². The molecule has 6 nitrogen and oxygen atoms in total. The van der Waals surface area contributed by atoms with Gasteiger partial charge in [-0.1, -0.05) is 13.0 Å². The number of fused-ring (bicyclic) bond motifs is 1. The van der Waals surface area contributed by atoms with Gasteiger partial charge in [-0.2, -0.15) is 10.2 Å². The zero-order valence-corrected chi connectivity index (χ0v) is 20.1. The average Bonchev–Trinajstić information content (AvgIpc) is 3.16. The van der Waals surface area contributed by atoms with Gasteiger partial charge in [0.1, 0.15) is 10.8 Å². The summed E-state index contributed by atoms with van der Waals surface area (Å²) in [5.74, 6) is 0.301. The Morgan fingerprint density at radius 1 is 1.12 bits per heavy atom. The second kappa shape index (κ2) is 9.67. The summed E-state index contributed by atoms with van der Waals surface area (Å²) in [5, 5.41) is 19.6. The van der Waals surface area contributed by atoms with Crippen LogP contribution < -0.4 is 0 Å². The third-order valence-corrected chi connectivity index (χ3v) is 7.15. The number of benzene rings is 2. The molecule has 0 fully saturated rings. The molecule has 1 heterocycles. The number of aromatic hydroxyl groups is 1. The summed E-state index contributed by atoms with van der Waals surface area (Å²) < 4.78 is 5.03. The number of aryl methyl sites for hydroxylation is 2. The minimum atomic E-state index is -0.366. The smallest absolute Gasteiger partial charge is 0.341 e. The van der Waals surface area contributed by atoms with Crippen LogP contribution in [0, 0.1) is 19.8 Å². The Morgan fingerprint density at radius 3 is 2.58 bits per heavy atom. The molecule has 0 radical (unpaired) electrons. The van der Waals surface area contributed by atoms with Crippen molar-refractivity contribution in [2.24, 2.45) is 21.1 Å². The van der Waals surface area contributed by atoms with Crippen molar-refractivity contribution in [2.45, 2.75) is 40.0 Å². The third-order valence-electron chi connectivity index (χ3n) is 5.99. The van der Waals surface area contributed by atoms with E-state index in [2.05, 4.69) is 29.1 Å². The van der Waals surface area contributed by atoms with Crippen molar-refractivity contribution in [2.75, 3.05) is 7.11 Å². The number of nitrogens with zero attached hydrogens (tertiary/aromatic N) is 3. The number of rotatable bonds is 5. The lowest BCUT2D eigenvalue weighted by Gasteiger charge is -2.18. The third kappa shape index (κ3) is 5.03. The van der Waals surface area contributed by atoms with Gasteiger partial charge in [-0.25, -0.2) is 9.79 Å². The number of carbonyl (C=O) groups excluding carboxylic acids is 1. The van der Waals surface area contributed by atoms with Crippen LogP contribution in [0.2, 0.25) is 0 Å². The molecule has 0 saturated heterocycles. The molecule has 1 atom stereocenters. The van der Waals surface area contributed by atoms with Gasteiger partial charge in [0.2, 0.25) is 0 Å². The molecule has 170 valence electrons. The second-order valence-electron chi connectivity index (χ2n) is 8.49. The van der Waals surface area contributed by atoms with Crippen LogP contribution in [0.3, 0.4) is 0 Å². The van der Waals surface area contributed by atoms with Crippen molar-refractivity contribution in [3.8, 4) is 5.75 Å². The van der Waals surface area contributed by atoms with Crippen molar-refractivity contribution in [1.29, 1.82) is 0 Å². The normalized spacial score (nSPS) is 15.8. The molecule has 1 N–H and O–H groups in total. The first kappa shape index (κ1) is 22.9. The first-order valence-corrected chi connectivity index (χ1v) is 11.8. The van der Waals surface area contributed by atoms with Gasteiger partial charge < -0.3 is 9.84 Å². The van der Waals surface area contributed by atoms with E-state index in [1.54, 1.807) is 24.4 Å². The predicted molar refractivity (Wildman–Crippen MR) is 132 cm³/mol. The summed E-state index contributed by atoms with van der Waals surface area (Å²) in [4.78, 5) is 18.3. The standard InChI is InChI=1S/C26H27N3O3S/c1-15-5-9-21-23(11-15)33-25(24(21)26(31)32-4)27-14-18-13-20(8-10-22(18)30)29-28-19-7-6-16(2)17(3)12-19/h6-8,10,12-15,30H,5,9,11H2,1-4H3/t15-/m1/s1. The van der Waals surface area contributed by atoms with Gasteiger partial charge in [0.25, 0.3) is 0 Å². The predicted octanol–water partition coefficient (Wildman–Crippen LogP) is 7.15. The number of esters is 1. The molecule has 2 aromatic carbocycles. The Morgan fingerprint density at radius 2 is 1.85 bits per heavy atom. The van der Waals surface area contributed by atoms with Gasteiger partial charge >= 0.3 is 5.97 Å². The van der Waals surface area contributed by atoms with Crippen LogP contribution in [0.1, 0.15) is 50.8 Å². The largest absolute Gasteiger partial charge is 0.507 e. The average molecular weight is 462 g/mol. The van der Waals surface area contributed by atoms with Crippen LogP contribution in [0.5, 0.6) is 5.75 Å². The molecule has 33 heavy (non-hydrogen) atoms. The molecule has 0 bridgehead atoms. The van der Waals surface area contributed by atoms with Crippen molar-refractivity contribution in [1.82, 2.24) is 0 Å². The van der Waals surface area contributed by atoms with Crippen LogP contribution in [-0.2, 0) is 17.6 Å². The number of phenolic OH excluding ortho intramolecular Hbond substituents is 1. The van der Waals surface area contributed by atoms with Crippen LogP contribution in [0.15, 0.2) is 51.6 Å². The molecule has 0 aliphatic heterocycles. The molecule has 3 aromatic rings. The van der Waals surface area contributed by atoms with E-state index in [1.165, 1.54) is 28.9 Å².